The second kappa shape index (κ2) is 6.29. The van der Waals surface area contributed by atoms with E-state index < -0.39 is 46.1 Å². The second-order valence-electron chi connectivity index (χ2n) is 4.68. The van der Waals surface area contributed by atoms with E-state index in [2.05, 4.69) is 0 Å². The van der Waals surface area contributed by atoms with E-state index in [4.69, 9.17) is 5.11 Å². The quantitative estimate of drug-likeness (QED) is 0.843. The van der Waals surface area contributed by atoms with E-state index in [1.165, 1.54) is 13.8 Å². The van der Waals surface area contributed by atoms with Crippen LogP contribution in [0.25, 0.3) is 0 Å². The van der Waals surface area contributed by atoms with E-state index in [0.717, 1.165) is 18.2 Å². The number of alkyl halides is 3. The summed E-state index contributed by atoms with van der Waals surface area (Å²) in [5.41, 5.74) is 0.123. The molecule has 1 aromatic rings. The average molecular weight is 329 g/mol. The molecule has 120 valence electrons. The standard InChI is InChI=1S/C12H15F4NO3S/c1-8(2)17(7-12(14,15)16)21(19,20)11-4-3-9(6-18)5-10(11)13/h3-5,8,18H,6-7H2,1-2H3. The van der Waals surface area contributed by atoms with Crippen LogP contribution in [0.3, 0.4) is 0 Å². The van der Waals surface area contributed by atoms with Gasteiger partial charge in [0, 0.05) is 6.04 Å². The van der Waals surface area contributed by atoms with Gasteiger partial charge in [0.15, 0.2) is 0 Å². The topological polar surface area (TPSA) is 57.6 Å². The molecule has 0 atom stereocenters. The Balaban J connectivity index is 3.30. The third-order valence-electron chi connectivity index (χ3n) is 2.68. The number of halogens is 4. The Morgan fingerprint density at radius 1 is 1.29 bits per heavy atom. The number of hydrogen-bond donors (Lipinski definition) is 1. The van der Waals surface area contributed by atoms with Gasteiger partial charge < -0.3 is 5.11 Å². The van der Waals surface area contributed by atoms with E-state index in [-0.39, 0.29) is 9.87 Å². The Morgan fingerprint density at radius 2 is 1.86 bits per heavy atom. The molecule has 0 saturated carbocycles. The minimum Gasteiger partial charge on any atom is -0.392 e. The lowest BCUT2D eigenvalue weighted by molar-refractivity contribution is -0.138. The molecule has 1 aromatic carbocycles. The van der Waals surface area contributed by atoms with Crippen LogP contribution in [0.2, 0.25) is 0 Å². The zero-order valence-corrected chi connectivity index (χ0v) is 12.2. The summed E-state index contributed by atoms with van der Waals surface area (Å²) >= 11 is 0. The lowest BCUT2D eigenvalue weighted by Crippen LogP contribution is -2.43. The Bertz CT molecular complexity index is 599. The first-order valence-electron chi connectivity index (χ1n) is 5.97. The van der Waals surface area contributed by atoms with Crippen molar-refractivity contribution in [1.29, 1.82) is 0 Å². The molecule has 0 unspecified atom stereocenters. The van der Waals surface area contributed by atoms with Crippen molar-refractivity contribution < 1.29 is 31.1 Å². The van der Waals surface area contributed by atoms with Crippen LogP contribution in [-0.2, 0) is 16.6 Å². The third-order valence-corrected chi connectivity index (χ3v) is 4.73. The summed E-state index contributed by atoms with van der Waals surface area (Å²) in [5, 5.41) is 8.83. The van der Waals surface area contributed by atoms with Crippen LogP contribution < -0.4 is 0 Å². The average Bonchev–Trinajstić information content (AvgIpc) is 2.33. The molecule has 21 heavy (non-hydrogen) atoms. The Kier molecular flexibility index (Phi) is 5.35. The van der Waals surface area contributed by atoms with Crippen LogP contribution in [-0.4, -0.2) is 36.6 Å². The molecule has 0 saturated heterocycles. The van der Waals surface area contributed by atoms with Crippen molar-refractivity contribution in [3.8, 4) is 0 Å². The monoisotopic (exact) mass is 329 g/mol. The van der Waals surface area contributed by atoms with Gasteiger partial charge in [-0.1, -0.05) is 6.07 Å². The molecular weight excluding hydrogens is 314 g/mol. The van der Waals surface area contributed by atoms with Gasteiger partial charge in [0.1, 0.15) is 17.3 Å². The van der Waals surface area contributed by atoms with E-state index in [0.29, 0.717) is 0 Å². The molecule has 1 N–H and O–H groups in total. The minimum absolute atomic E-state index is 0.123. The van der Waals surface area contributed by atoms with Gasteiger partial charge in [-0.15, -0.1) is 0 Å². The molecule has 0 spiro atoms. The summed E-state index contributed by atoms with van der Waals surface area (Å²) in [6, 6.07) is 1.77. The molecule has 0 bridgehead atoms. The fraction of sp³-hybridized carbons (Fsp3) is 0.500. The fourth-order valence-electron chi connectivity index (χ4n) is 1.70. The largest absolute Gasteiger partial charge is 0.402 e. The molecule has 0 heterocycles. The molecule has 0 radical (unpaired) electrons. The zero-order valence-electron chi connectivity index (χ0n) is 11.4. The number of benzene rings is 1. The third kappa shape index (κ3) is 4.39. The molecule has 0 aromatic heterocycles. The smallest absolute Gasteiger partial charge is 0.392 e. The fourth-order valence-corrected chi connectivity index (χ4v) is 3.37. The number of nitrogens with zero attached hydrogens (tertiary/aromatic N) is 1. The maximum atomic E-state index is 13.8. The highest BCUT2D eigenvalue weighted by atomic mass is 32.2. The Labute approximate surface area is 120 Å². The van der Waals surface area contributed by atoms with Crippen LogP contribution in [0.4, 0.5) is 17.6 Å². The highest BCUT2D eigenvalue weighted by Gasteiger charge is 2.39. The summed E-state index contributed by atoms with van der Waals surface area (Å²) in [5.74, 6) is -1.20. The van der Waals surface area contributed by atoms with Crippen LogP contribution in [0.5, 0.6) is 0 Å². The highest BCUT2D eigenvalue weighted by Crippen LogP contribution is 2.26. The molecular formula is C12H15F4NO3S. The van der Waals surface area contributed by atoms with Gasteiger partial charge in [-0.25, -0.2) is 12.8 Å². The predicted molar refractivity (Wildman–Crippen MR) is 67.4 cm³/mol. The van der Waals surface area contributed by atoms with Crippen molar-refractivity contribution in [1.82, 2.24) is 4.31 Å². The number of aliphatic hydroxyl groups is 1. The molecule has 0 aliphatic rings. The van der Waals surface area contributed by atoms with E-state index in [1.807, 2.05) is 0 Å². The van der Waals surface area contributed by atoms with Crippen molar-refractivity contribution in [2.45, 2.75) is 37.6 Å². The molecule has 1 rings (SSSR count). The van der Waals surface area contributed by atoms with Crippen LogP contribution in [0.15, 0.2) is 23.1 Å². The van der Waals surface area contributed by atoms with Gasteiger partial charge in [0.25, 0.3) is 0 Å². The molecule has 0 fully saturated rings. The van der Waals surface area contributed by atoms with Gasteiger partial charge in [0.05, 0.1) is 6.61 Å². The summed E-state index contributed by atoms with van der Waals surface area (Å²) in [6.45, 7) is 0.328. The second-order valence-corrected chi connectivity index (χ2v) is 6.54. The number of hydrogen-bond acceptors (Lipinski definition) is 3. The van der Waals surface area contributed by atoms with Crippen molar-refractivity contribution in [2.24, 2.45) is 0 Å². The maximum absolute atomic E-state index is 13.8. The van der Waals surface area contributed by atoms with E-state index in [1.54, 1.807) is 0 Å². The summed E-state index contributed by atoms with van der Waals surface area (Å²) in [7, 11) is -4.63. The van der Waals surface area contributed by atoms with Gasteiger partial charge in [-0.05, 0) is 31.5 Å². The maximum Gasteiger partial charge on any atom is 0.402 e. The van der Waals surface area contributed by atoms with Crippen molar-refractivity contribution in [3.05, 3.63) is 29.6 Å². The molecule has 9 heteroatoms. The molecule has 0 aliphatic carbocycles. The van der Waals surface area contributed by atoms with Gasteiger partial charge in [-0.2, -0.15) is 17.5 Å². The minimum atomic E-state index is -4.74. The lowest BCUT2D eigenvalue weighted by atomic mass is 10.2. The molecule has 4 nitrogen and oxygen atoms in total. The number of rotatable bonds is 5. The lowest BCUT2D eigenvalue weighted by Gasteiger charge is -2.27. The van der Waals surface area contributed by atoms with Crippen LogP contribution in [0, 0.1) is 5.82 Å². The van der Waals surface area contributed by atoms with Gasteiger partial charge in [-0.3, -0.25) is 0 Å². The number of aliphatic hydroxyl groups excluding tert-OH is 1. The van der Waals surface area contributed by atoms with E-state index >= 15 is 0 Å². The first-order chi connectivity index (χ1) is 9.49. The summed E-state index contributed by atoms with van der Waals surface area (Å²) in [6.07, 6.45) is -4.74. The Hall–Kier alpha value is -1.19. The van der Waals surface area contributed by atoms with Gasteiger partial charge >= 0.3 is 6.18 Å². The SMILES string of the molecule is CC(C)N(CC(F)(F)F)S(=O)(=O)c1ccc(CO)cc1F. The zero-order chi connectivity index (χ0) is 16.4. The van der Waals surface area contributed by atoms with Crippen LogP contribution in [0.1, 0.15) is 19.4 Å². The van der Waals surface area contributed by atoms with Crippen molar-refractivity contribution >= 4 is 10.0 Å². The first kappa shape index (κ1) is 17.9. The number of sulfonamides is 1. The molecule has 0 amide bonds. The van der Waals surface area contributed by atoms with Crippen molar-refractivity contribution in [2.75, 3.05) is 6.54 Å². The van der Waals surface area contributed by atoms with E-state index in [9.17, 15) is 26.0 Å². The summed E-state index contributed by atoms with van der Waals surface area (Å²) < 4.78 is 75.9. The first-order valence-corrected chi connectivity index (χ1v) is 7.41. The normalized spacial score (nSPS) is 13.2. The van der Waals surface area contributed by atoms with Gasteiger partial charge in [0.2, 0.25) is 10.0 Å². The molecule has 0 aliphatic heterocycles. The summed E-state index contributed by atoms with van der Waals surface area (Å²) in [4.78, 5) is -0.849. The predicted octanol–water partition coefficient (Wildman–Crippen LogP) is 2.28. The van der Waals surface area contributed by atoms with Crippen LogP contribution >= 0.6 is 0 Å². The Morgan fingerprint density at radius 3 is 2.24 bits per heavy atom. The van der Waals surface area contributed by atoms with Crippen molar-refractivity contribution in [3.63, 3.8) is 0 Å². The highest BCUT2D eigenvalue weighted by molar-refractivity contribution is 7.89.